The maximum absolute atomic E-state index is 10.8. The first-order chi connectivity index (χ1) is 5.56. The van der Waals surface area contributed by atoms with Gasteiger partial charge in [0.05, 0.1) is 13.0 Å². The van der Waals surface area contributed by atoms with Crippen molar-refractivity contribution in [2.75, 3.05) is 6.61 Å². The van der Waals surface area contributed by atoms with Gasteiger partial charge in [-0.25, -0.2) is 9.79 Å². The molecule has 0 aromatic heterocycles. The van der Waals surface area contributed by atoms with Crippen LogP contribution in [-0.2, 0) is 9.53 Å². The molecule has 0 fully saturated rings. The van der Waals surface area contributed by atoms with Gasteiger partial charge in [-0.05, 0) is 13.8 Å². The molecule has 0 atom stereocenters. The zero-order valence-electron chi connectivity index (χ0n) is 7.16. The third-order valence-electron chi connectivity index (χ3n) is 1.01. The SMILES string of the molecule is CCOC(=O)C/C(C)=N\C(N)=O. The van der Waals surface area contributed by atoms with Crippen LogP contribution in [0.2, 0.25) is 0 Å². The van der Waals surface area contributed by atoms with E-state index in [1.165, 1.54) is 0 Å². The van der Waals surface area contributed by atoms with Crippen LogP contribution in [0.15, 0.2) is 4.99 Å². The van der Waals surface area contributed by atoms with Gasteiger partial charge in [-0.1, -0.05) is 0 Å². The number of esters is 1. The number of carbonyl (C=O) groups excluding carboxylic acids is 2. The van der Waals surface area contributed by atoms with Crippen LogP contribution >= 0.6 is 0 Å². The normalized spacial score (nSPS) is 11.0. The van der Waals surface area contributed by atoms with Crippen LogP contribution in [0.3, 0.4) is 0 Å². The van der Waals surface area contributed by atoms with Crippen LogP contribution in [0.5, 0.6) is 0 Å². The van der Waals surface area contributed by atoms with E-state index in [4.69, 9.17) is 5.73 Å². The van der Waals surface area contributed by atoms with Crippen LogP contribution < -0.4 is 5.73 Å². The molecule has 68 valence electrons. The fourth-order valence-electron chi connectivity index (χ4n) is 0.649. The minimum Gasteiger partial charge on any atom is -0.466 e. The zero-order chi connectivity index (χ0) is 9.56. The molecule has 0 saturated heterocycles. The molecule has 0 aromatic rings. The van der Waals surface area contributed by atoms with E-state index in [0.29, 0.717) is 12.3 Å². The Hall–Kier alpha value is -1.39. The van der Waals surface area contributed by atoms with Crippen LogP contribution in [0.25, 0.3) is 0 Å². The molecule has 2 N–H and O–H groups in total. The third kappa shape index (κ3) is 5.40. The first kappa shape index (κ1) is 10.6. The second-order valence-electron chi connectivity index (χ2n) is 2.17. The highest BCUT2D eigenvalue weighted by Crippen LogP contribution is 1.90. The molecule has 2 amide bonds. The Bertz CT molecular complexity index is 211. The van der Waals surface area contributed by atoms with Gasteiger partial charge in [0.25, 0.3) is 0 Å². The van der Waals surface area contributed by atoms with Crippen molar-refractivity contribution in [1.29, 1.82) is 0 Å². The van der Waals surface area contributed by atoms with Crippen molar-refractivity contribution in [3.8, 4) is 0 Å². The molecular formula is C7H12N2O3. The molecule has 0 bridgehead atoms. The Morgan fingerprint density at radius 1 is 1.50 bits per heavy atom. The van der Waals surface area contributed by atoms with E-state index in [0.717, 1.165) is 0 Å². The molecule has 5 nitrogen and oxygen atoms in total. The highest BCUT2D eigenvalue weighted by atomic mass is 16.5. The first-order valence-corrected chi connectivity index (χ1v) is 3.55. The Kier molecular flexibility index (Phi) is 4.67. The lowest BCUT2D eigenvalue weighted by Gasteiger charge is -1.99. The van der Waals surface area contributed by atoms with Gasteiger partial charge in [0, 0.05) is 5.71 Å². The minimum absolute atomic E-state index is 0.0107. The number of nitrogens with zero attached hydrogens (tertiary/aromatic N) is 1. The minimum atomic E-state index is -0.795. The Morgan fingerprint density at radius 3 is 2.50 bits per heavy atom. The first-order valence-electron chi connectivity index (χ1n) is 3.55. The van der Waals surface area contributed by atoms with Gasteiger partial charge in [0.15, 0.2) is 0 Å². The zero-order valence-corrected chi connectivity index (χ0v) is 7.16. The lowest BCUT2D eigenvalue weighted by Crippen LogP contribution is -2.12. The quantitative estimate of drug-likeness (QED) is 0.496. The Balaban J connectivity index is 3.91. The summed E-state index contributed by atoms with van der Waals surface area (Å²) in [5.41, 5.74) is 5.13. The van der Waals surface area contributed by atoms with Gasteiger partial charge in [-0.2, -0.15) is 0 Å². The Morgan fingerprint density at radius 2 is 2.08 bits per heavy atom. The van der Waals surface area contributed by atoms with Crippen molar-refractivity contribution in [3.05, 3.63) is 0 Å². The van der Waals surface area contributed by atoms with E-state index < -0.39 is 12.0 Å². The lowest BCUT2D eigenvalue weighted by molar-refractivity contribution is -0.141. The summed E-state index contributed by atoms with van der Waals surface area (Å²) in [5.74, 6) is -0.403. The number of hydrogen-bond donors (Lipinski definition) is 1. The van der Waals surface area contributed by atoms with Crippen LogP contribution in [0.4, 0.5) is 4.79 Å². The monoisotopic (exact) mass is 172 g/mol. The maximum atomic E-state index is 10.8. The van der Waals surface area contributed by atoms with Crippen LogP contribution in [0, 0.1) is 0 Å². The van der Waals surface area contributed by atoms with Gasteiger partial charge in [0.1, 0.15) is 0 Å². The summed E-state index contributed by atoms with van der Waals surface area (Å²) in [4.78, 5) is 24.4. The van der Waals surface area contributed by atoms with Gasteiger partial charge < -0.3 is 10.5 Å². The van der Waals surface area contributed by atoms with E-state index in [-0.39, 0.29) is 6.42 Å². The predicted octanol–water partition coefficient (Wildman–Crippen LogP) is 0.479. The number of amides is 2. The number of carbonyl (C=O) groups is 2. The summed E-state index contributed by atoms with van der Waals surface area (Å²) in [7, 11) is 0. The van der Waals surface area contributed by atoms with E-state index in [1.54, 1.807) is 13.8 Å². The van der Waals surface area contributed by atoms with Crippen molar-refractivity contribution >= 4 is 17.7 Å². The summed E-state index contributed by atoms with van der Waals surface area (Å²) < 4.78 is 4.62. The van der Waals surface area contributed by atoms with Crippen molar-refractivity contribution in [2.24, 2.45) is 10.7 Å². The highest BCUT2D eigenvalue weighted by Gasteiger charge is 2.04. The molecule has 0 aromatic carbocycles. The summed E-state index contributed by atoms with van der Waals surface area (Å²) in [6, 6.07) is -0.795. The smallest absolute Gasteiger partial charge is 0.338 e. The number of aliphatic imine (C=N–C) groups is 1. The Labute approximate surface area is 70.6 Å². The molecular weight excluding hydrogens is 160 g/mol. The fraction of sp³-hybridized carbons (Fsp3) is 0.571. The average Bonchev–Trinajstić information content (AvgIpc) is 1.84. The number of nitrogens with two attached hydrogens (primary N) is 1. The van der Waals surface area contributed by atoms with Gasteiger partial charge >= 0.3 is 12.0 Å². The topological polar surface area (TPSA) is 81.8 Å². The molecule has 5 heteroatoms. The van der Waals surface area contributed by atoms with Crippen molar-refractivity contribution in [1.82, 2.24) is 0 Å². The van der Waals surface area contributed by atoms with Gasteiger partial charge in [-0.3, -0.25) is 4.79 Å². The number of ether oxygens (including phenoxy) is 1. The third-order valence-corrected chi connectivity index (χ3v) is 1.01. The number of hydrogen-bond acceptors (Lipinski definition) is 3. The summed E-state index contributed by atoms with van der Waals surface area (Å²) in [5, 5.41) is 0. The molecule has 12 heavy (non-hydrogen) atoms. The maximum Gasteiger partial charge on any atom is 0.338 e. The highest BCUT2D eigenvalue weighted by molar-refractivity contribution is 6.02. The predicted molar refractivity (Wildman–Crippen MR) is 43.9 cm³/mol. The molecule has 0 aliphatic rings. The fourth-order valence-corrected chi connectivity index (χ4v) is 0.649. The van der Waals surface area contributed by atoms with E-state index in [9.17, 15) is 9.59 Å². The second-order valence-corrected chi connectivity index (χ2v) is 2.17. The molecule has 0 aliphatic heterocycles. The summed E-state index contributed by atoms with van der Waals surface area (Å²) in [6.07, 6.45) is 0.0107. The molecule has 0 rings (SSSR count). The molecule has 0 radical (unpaired) electrons. The molecule has 0 heterocycles. The second kappa shape index (κ2) is 5.29. The van der Waals surface area contributed by atoms with Crippen molar-refractivity contribution < 1.29 is 14.3 Å². The lowest BCUT2D eigenvalue weighted by atomic mass is 10.3. The largest absolute Gasteiger partial charge is 0.466 e. The van der Waals surface area contributed by atoms with E-state index in [2.05, 4.69) is 9.73 Å². The van der Waals surface area contributed by atoms with E-state index >= 15 is 0 Å². The summed E-state index contributed by atoms with van der Waals surface area (Å²) >= 11 is 0. The molecule has 0 unspecified atom stereocenters. The molecule has 0 aliphatic carbocycles. The molecule has 0 spiro atoms. The van der Waals surface area contributed by atoms with Crippen molar-refractivity contribution in [3.63, 3.8) is 0 Å². The number of urea groups is 1. The van der Waals surface area contributed by atoms with Gasteiger partial charge in [0.2, 0.25) is 0 Å². The van der Waals surface area contributed by atoms with Crippen LogP contribution in [0.1, 0.15) is 20.3 Å². The summed E-state index contributed by atoms with van der Waals surface area (Å²) in [6.45, 7) is 3.57. The standard InChI is InChI=1S/C7H12N2O3/c1-3-12-6(10)4-5(2)9-7(8)11/h3-4H2,1-2H3,(H2,8,11)/b9-5-. The number of primary amides is 1. The van der Waals surface area contributed by atoms with E-state index in [1.807, 2.05) is 0 Å². The number of rotatable bonds is 3. The van der Waals surface area contributed by atoms with Gasteiger partial charge in [-0.15, -0.1) is 0 Å². The van der Waals surface area contributed by atoms with Crippen LogP contribution in [-0.4, -0.2) is 24.3 Å². The molecule has 0 saturated carbocycles. The van der Waals surface area contributed by atoms with Crippen molar-refractivity contribution in [2.45, 2.75) is 20.3 Å². The average molecular weight is 172 g/mol.